The van der Waals surface area contributed by atoms with Crippen LogP contribution in [0.15, 0.2) is 44.2 Å². The Bertz CT molecular complexity index is 1690. The molecule has 4 unspecified atom stereocenters. The SMILES string of the molecule is COc1ccc(CN2C(=O)C(C3=NS(=O)(=O)c4c(CCS(C)(=O)=O)csc4N3)=C(O)C3C4CCC(C4)C32)c(C)c1. The smallest absolute Gasteiger partial charge is 0.287 e. The number of aliphatic hydroxyl groups is 1. The summed E-state index contributed by atoms with van der Waals surface area (Å²) >= 11 is 1.11. The van der Waals surface area contributed by atoms with Gasteiger partial charge < -0.3 is 20.1 Å². The molecule has 2 fully saturated rings. The maximum Gasteiger partial charge on any atom is 0.287 e. The van der Waals surface area contributed by atoms with E-state index in [0.29, 0.717) is 12.1 Å². The van der Waals surface area contributed by atoms with Gasteiger partial charge in [-0.1, -0.05) is 6.07 Å². The van der Waals surface area contributed by atoms with Crippen LogP contribution in [-0.4, -0.2) is 63.7 Å². The van der Waals surface area contributed by atoms with Gasteiger partial charge in [0.25, 0.3) is 15.9 Å². The second kappa shape index (κ2) is 9.59. The Hall–Kier alpha value is -2.90. The third kappa shape index (κ3) is 4.51. The number of methoxy groups -OCH3 is 1. The van der Waals surface area contributed by atoms with E-state index in [0.717, 1.165) is 53.7 Å². The molecule has 3 heterocycles. The van der Waals surface area contributed by atoms with Crippen LogP contribution in [0.5, 0.6) is 5.75 Å². The van der Waals surface area contributed by atoms with Crippen molar-refractivity contribution in [3.8, 4) is 5.75 Å². The number of anilines is 1. The number of aryl methyl sites for hydroxylation is 2. The van der Waals surface area contributed by atoms with Crippen LogP contribution in [0.2, 0.25) is 0 Å². The first kappa shape index (κ1) is 27.3. The first-order chi connectivity index (χ1) is 18.9. The monoisotopic (exact) mass is 605 g/mol. The van der Waals surface area contributed by atoms with E-state index in [2.05, 4.69) is 9.71 Å². The van der Waals surface area contributed by atoms with Crippen LogP contribution in [0.25, 0.3) is 0 Å². The Morgan fingerprint density at radius 1 is 1.23 bits per heavy atom. The summed E-state index contributed by atoms with van der Waals surface area (Å²) in [4.78, 5) is 15.9. The number of sulfone groups is 1. The van der Waals surface area contributed by atoms with Crippen LogP contribution in [-0.2, 0) is 37.6 Å². The summed E-state index contributed by atoms with van der Waals surface area (Å²) in [6.45, 7) is 2.27. The minimum atomic E-state index is -4.25. The molecule has 2 bridgehead atoms. The third-order valence-electron chi connectivity index (χ3n) is 8.67. The molecule has 2 saturated carbocycles. The van der Waals surface area contributed by atoms with Gasteiger partial charge in [-0.25, -0.2) is 8.42 Å². The summed E-state index contributed by atoms with van der Waals surface area (Å²) in [6.07, 6.45) is 3.98. The minimum Gasteiger partial charge on any atom is -0.511 e. The van der Waals surface area contributed by atoms with E-state index >= 15 is 0 Å². The van der Waals surface area contributed by atoms with Crippen LogP contribution in [0, 0.1) is 24.7 Å². The molecule has 0 spiro atoms. The molecule has 4 aliphatic rings. The van der Waals surface area contributed by atoms with Crippen LogP contribution < -0.4 is 10.1 Å². The van der Waals surface area contributed by atoms with Gasteiger partial charge in [-0.05, 0) is 78.6 Å². The Morgan fingerprint density at radius 3 is 2.67 bits per heavy atom. The molecule has 1 aromatic carbocycles. The quantitative estimate of drug-likeness (QED) is 0.489. The Labute approximate surface area is 237 Å². The number of amides is 1. The number of ether oxygens (including phenoxy) is 1. The molecule has 1 amide bonds. The average Bonchev–Trinajstić information content (AvgIpc) is 3.61. The number of thiophene rings is 1. The van der Waals surface area contributed by atoms with Gasteiger partial charge in [0.15, 0.2) is 5.84 Å². The van der Waals surface area contributed by atoms with Crippen LogP contribution in [0.3, 0.4) is 0 Å². The van der Waals surface area contributed by atoms with Crippen LogP contribution in [0.1, 0.15) is 36.0 Å². The van der Waals surface area contributed by atoms with Crippen LogP contribution >= 0.6 is 11.3 Å². The van der Waals surface area contributed by atoms with Crippen molar-refractivity contribution >= 4 is 47.9 Å². The van der Waals surface area contributed by atoms with Crippen LogP contribution in [0.4, 0.5) is 5.00 Å². The predicted molar refractivity (Wildman–Crippen MR) is 152 cm³/mol. The van der Waals surface area contributed by atoms with Gasteiger partial charge >= 0.3 is 0 Å². The van der Waals surface area contributed by atoms with Crippen molar-refractivity contribution in [1.82, 2.24) is 4.90 Å². The fourth-order valence-corrected chi connectivity index (χ4v) is 10.1. The highest BCUT2D eigenvalue weighted by atomic mass is 32.2. The number of amidine groups is 1. The zero-order valence-corrected chi connectivity index (χ0v) is 24.8. The van der Waals surface area contributed by atoms with E-state index in [-0.39, 0.29) is 63.0 Å². The molecule has 10 nitrogen and oxygen atoms in total. The third-order valence-corrected chi connectivity index (χ3v) is 12.1. The normalized spacial score (nSPS) is 26.8. The van der Waals surface area contributed by atoms with Crippen molar-refractivity contribution in [2.24, 2.45) is 22.2 Å². The minimum absolute atomic E-state index is 0.0329. The maximum atomic E-state index is 14.1. The summed E-state index contributed by atoms with van der Waals surface area (Å²) in [6, 6.07) is 5.52. The van der Waals surface area contributed by atoms with Gasteiger partial charge in [-0.2, -0.15) is 8.42 Å². The van der Waals surface area contributed by atoms with Gasteiger partial charge in [0.2, 0.25) is 0 Å². The Balaban J connectivity index is 1.39. The Kier molecular flexibility index (Phi) is 6.54. The molecule has 13 heteroatoms. The molecular formula is C27H31N3O7S3. The van der Waals surface area contributed by atoms with Gasteiger partial charge in [0.05, 0.1) is 12.9 Å². The summed E-state index contributed by atoms with van der Waals surface area (Å²) in [5.41, 5.74) is 2.16. The van der Waals surface area contributed by atoms with Crippen molar-refractivity contribution in [3.63, 3.8) is 0 Å². The average molecular weight is 606 g/mol. The lowest BCUT2D eigenvalue weighted by molar-refractivity contribution is -0.134. The lowest BCUT2D eigenvalue weighted by atomic mass is 9.77. The molecule has 2 aliphatic heterocycles. The van der Waals surface area contributed by atoms with Crippen molar-refractivity contribution in [1.29, 1.82) is 0 Å². The highest BCUT2D eigenvalue weighted by molar-refractivity contribution is 7.91. The van der Waals surface area contributed by atoms with E-state index in [1.807, 2.05) is 25.1 Å². The predicted octanol–water partition coefficient (Wildman–Crippen LogP) is 3.43. The lowest BCUT2D eigenvalue weighted by Crippen LogP contribution is -2.53. The molecule has 1 aromatic heterocycles. The molecule has 2 aromatic rings. The summed E-state index contributed by atoms with van der Waals surface area (Å²) in [7, 11) is -5.96. The van der Waals surface area contributed by atoms with Gasteiger partial charge in [0, 0.05) is 24.8 Å². The summed E-state index contributed by atoms with van der Waals surface area (Å²) in [5.74, 6) is -0.0279. The largest absolute Gasteiger partial charge is 0.511 e. The zero-order chi connectivity index (χ0) is 28.6. The van der Waals surface area contributed by atoms with E-state index in [9.17, 15) is 26.7 Å². The maximum absolute atomic E-state index is 14.1. The molecule has 214 valence electrons. The second-order valence-electron chi connectivity index (χ2n) is 11.2. The van der Waals surface area contributed by atoms with Crippen molar-refractivity contribution in [2.45, 2.75) is 50.1 Å². The van der Waals surface area contributed by atoms with Gasteiger partial charge in [-0.3, -0.25) is 4.79 Å². The molecule has 40 heavy (non-hydrogen) atoms. The fourth-order valence-electron chi connectivity index (χ4n) is 6.83. The molecule has 0 saturated heterocycles. The molecular weight excluding hydrogens is 575 g/mol. The highest BCUT2D eigenvalue weighted by Gasteiger charge is 2.57. The summed E-state index contributed by atoms with van der Waals surface area (Å²) < 4.78 is 59.4. The second-order valence-corrected chi connectivity index (χ2v) is 15.9. The number of hydrogen-bond acceptors (Lipinski definition) is 9. The number of hydrogen-bond donors (Lipinski definition) is 2. The van der Waals surface area contributed by atoms with E-state index < -0.39 is 25.8 Å². The standard InChI is InChI=1S/C27H31N3O7S3/c1-14-10-19(37-2)7-6-17(14)12-30-22-16-5-4-15(11-16)20(22)23(31)21(27(30)32)25-28-26-24(40(35,36)29-25)18(13-38-26)8-9-39(3,33)34/h6-7,10,13,15-16,20,22,31H,4-5,8-9,11-12H2,1-3H3,(H,28,29). The Morgan fingerprint density at radius 2 is 1.98 bits per heavy atom. The van der Waals surface area contributed by atoms with E-state index in [4.69, 9.17) is 4.74 Å². The molecule has 2 N–H and O–H groups in total. The lowest BCUT2D eigenvalue weighted by Gasteiger charge is -2.44. The van der Waals surface area contributed by atoms with Gasteiger partial charge in [-0.15, -0.1) is 15.7 Å². The molecule has 6 rings (SSSR count). The zero-order valence-electron chi connectivity index (χ0n) is 22.4. The van der Waals surface area contributed by atoms with E-state index in [1.165, 1.54) is 0 Å². The number of carbonyl (C=O) groups is 1. The first-order valence-electron chi connectivity index (χ1n) is 13.2. The number of rotatable bonds is 7. The highest BCUT2D eigenvalue weighted by Crippen LogP contribution is 2.55. The number of benzene rings is 1. The number of nitrogens with one attached hydrogen (secondary N) is 1. The number of fused-ring (bicyclic) bond motifs is 6. The van der Waals surface area contributed by atoms with Crippen molar-refractivity contribution in [2.75, 3.05) is 24.4 Å². The molecule has 0 radical (unpaired) electrons. The van der Waals surface area contributed by atoms with Crippen molar-refractivity contribution < 1.29 is 31.5 Å². The summed E-state index contributed by atoms with van der Waals surface area (Å²) in [5, 5.41) is 16.4. The number of aliphatic hydroxyl groups excluding tert-OH is 1. The molecule has 2 aliphatic carbocycles. The topological polar surface area (TPSA) is 142 Å². The van der Waals surface area contributed by atoms with Gasteiger partial charge in [0.1, 0.15) is 36.8 Å². The number of sulfonamides is 1. The molecule has 4 atom stereocenters. The van der Waals surface area contributed by atoms with E-state index in [1.54, 1.807) is 17.4 Å². The first-order valence-corrected chi connectivity index (χ1v) is 17.5. The van der Waals surface area contributed by atoms with Crippen molar-refractivity contribution in [3.05, 3.63) is 51.6 Å². The number of nitrogens with zero attached hydrogens (tertiary/aromatic N) is 2. The number of carbonyl (C=O) groups excluding carboxylic acids is 1. The fraction of sp³-hybridized carbons (Fsp3) is 0.481.